The number of halogens is 3. The van der Waals surface area contributed by atoms with Gasteiger partial charge in [-0.05, 0) is 55.3 Å². The van der Waals surface area contributed by atoms with Crippen LogP contribution in [0, 0.1) is 12.8 Å². The third-order valence-electron chi connectivity index (χ3n) is 5.54. The molecule has 1 saturated heterocycles. The number of hydrogen-bond acceptors (Lipinski definition) is 6. The molecule has 3 heterocycles. The Morgan fingerprint density at radius 3 is 2.73 bits per heavy atom. The van der Waals surface area contributed by atoms with E-state index in [0.29, 0.717) is 29.1 Å². The highest BCUT2D eigenvalue weighted by molar-refractivity contribution is 6.33. The molecule has 0 bridgehead atoms. The minimum absolute atomic E-state index is 0. The second-order valence-corrected chi connectivity index (χ2v) is 8.10. The van der Waals surface area contributed by atoms with E-state index in [1.54, 1.807) is 6.92 Å². The summed E-state index contributed by atoms with van der Waals surface area (Å²) in [6.07, 6.45) is 1.88. The number of aryl methyl sites for hydroxylation is 1. The molecule has 5 rings (SSSR count). The second kappa shape index (κ2) is 10.5. The molecule has 8 nitrogen and oxygen atoms in total. The monoisotopic (exact) mass is 508 g/mol. The van der Waals surface area contributed by atoms with Crippen LogP contribution >= 0.6 is 36.4 Å². The first-order chi connectivity index (χ1) is 15.1. The molecule has 0 unspecified atom stereocenters. The molecule has 1 atom stereocenters. The number of carbonyl (C=O) groups is 1. The van der Waals surface area contributed by atoms with Crippen molar-refractivity contribution in [2.75, 3.05) is 18.4 Å². The first-order valence-electron chi connectivity index (χ1n) is 10.2. The number of aromatic nitrogens is 4. The summed E-state index contributed by atoms with van der Waals surface area (Å²) in [6.45, 7) is 3.40. The molecule has 11 heteroatoms. The molecule has 4 aromatic rings. The van der Waals surface area contributed by atoms with Crippen LogP contribution < -0.4 is 10.6 Å². The quantitative estimate of drug-likeness (QED) is 0.356. The fourth-order valence-corrected chi connectivity index (χ4v) is 4.10. The zero-order valence-electron chi connectivity index (χ0n) is 17.7. The Labute approximate surface area is 207 Å². The van der Waals surface area contributed by atoms with Crippen molar-refractivity contribution < 1.29 is 9.32 Å². The summed E-state index contributed by atoms with van der Waals surface area (Å²) in [5.74, 6) is 1.47. The Bertz CT molecular complexity index is 1270. The lowest BCUT2D eigenvalue weighted by molar-refractivity contribution is -0.120. The first-order valence-corrected chi connectivity index (χ1v) is 10.6. The van der Waals surface area contributed by atoms with Gasteiger partial charge in [0.1, 0.15) is 0 Å². The van der Waals surface area contributed by atoms with Gasteiger partial charge in [0.2, 0.25) is 17.6 Å². The average Bonchev–Trinajstić information content (AvgIpc) is 3.40. The lowest BCUT2D eigenvalue weighted by Gasteiger charge is -2.21. The van der Waals surface area contributed by atoms with Gasteiger partial charge in [-0.2, -0.15) is 10.1 Å². The molecule has 0 aliphatic carbocycles. The Morgan fingerprint density at radius 2 is 2.00 bits per heavy atom. The lowest BCUT2D eigenvalue weighted by Crippen LogP contribution is -2.37. The fraction of sp³-hybridized carbons (Fsp3) is 0.273. The summed E-state index contributed by atoms with van der Waals surface area (Å²) in [5, 5.41) is 19.0. The number of nitrogens with zero attached hydrogens (tertiary/aromatic N) is 3. The Morgan fingerprint density at radius 1 is 1.18 bits per heavy atom. The molecule has 0 saturated carbocycles. The number of H-pyrrole nitrogens is 1. The van der Waals surface area contributed by atoms with Gasteiger partial charge in [0.05, 0.1) is 11.4 Å². The molecule has 2 aromatic heterocycles. The number of amides is 1. The van der Waals surface area contributed by atoms with E-state index in [0.717, 1.165) is 47.0 Å². The van der Waals surface area contributed by atoms with Crippen molar-refractivity contribution in [3.05, 3.63) is 47.3 Å². The van der Waals surface area contributed by atoms with Crippen molar-refractivity contribution in [2.45, 2.75) is 19.8 Å². The molecule has 1 aliphatic heterocycles. The number of rotatable bonds is 4. The van der Waals surface area contributed by atoms with Crippen molar-refractivity contribution in [1.82, 2.24) is 25.7 Å². The minimum atomic E-state index is -0.0479. The van der Waals surface area contributed by atoms with Gasteiger partial charge in [0.25, 0.3) is 0 Å². The number of carbonyl (C=O) groups excluding carboxylic acids is 1. The van der Waals surface area contributed by atoms with Crippen molar-refractivity contribution in [3.63, 3.8) is 0 Å². The van der Waals surface area contributed by atoms with Crippen molar-refractivity contribution in [1.29, 1.82) is 0 Å². The third kappa shape index (κ3) is 5.14. The van der Waals surface area contributed by atoms with Crippen LogP contribution in [-0.4, -0.2) is 39.3 Å². The van der Waals surface area contributed by atoms with E-state index in [1.807, 2.05) is 36.4 Å². The molecule has 1 fully saturated rings. The van der Waals surface area contributed by atoms with Gasteiger partial charge >= 0.3 is 0 Å². The molecule has 0 spiro atoms. The second-order valence-electron chi connectivity index (χ2n) is 7.70. The SMILES string of the molecule is Cc1nc(-c2ccc(Cl)c(-c3ccc4[nH]nc(NC(=O)[C@@H]5CCCNC5)c4c3)c2)no1.Cl.Cl. The van der Waals surface area contributed by atoms with E-state index in [1.165, 1.54) is 0 Å². The van der Waals surface area contributed by atoms with Crippen molar-refractivity contribution in [3.8, 4) is 22.5 Å². The van der Waals surface area contributed by atoms with E-state index in [4.69, 9.17) is 16.1 Å². The maximum absolute atomic E-state index is 12.7. The number of fused-ring (bicyclic) bond motifs is 1. The highest BCUT2D eigenvalue weighted by Crippen LogP contribution is 2.34. The van der Waals surface area contributed by atoms with Crippen molar-refractivity contribution in [2.24, 2.45) is 5.92 Å². The summed E-state index contributed by atoms with van der Waals surface area (Å²) < 4.78 is 5.09. The highest BCUT2D eigenvalue weighted by Gasteiger charge is 2.22. The molecular weight excluding hydrogens is 487 g/mol. The van der Waals surface area contributed by atoms with E-state index in [-0.39, 0.29) is 36.6 Å². The molecule has 1 aliphatic rings. The summed E-state index contributed by atoms with van der Waals surface area (Å²) in [5.41, 5.74) is 3.37. The molecule has 3 N–H and O–H groups in total. The molecular formula is C22H23Cl3N6O2. The first kappa shape index (κ1) is 25.0. The van der Waals surface area contributed by atoms with Gasteiger partial charge in [-0.1, -0.05) is 22.8 Å². The van der Waals surface area contributed by atoms with Crippen molar-refractivity contribution >= 4 is 59.0 Å². The highest BCUT2D eigenvalue weighted by atomic mass is 35.5. The molecule has 2 aromatic carbocycles. The molecule has 1 amide bonds. The van der Waals surface area contributed by atoms with Crippen LogP contribution in [0.15, 0.2) is 40.9 Å². The van der Waals surface area contributed by atoms with E-state index < -0.39 is 0 Å². The standard InChI is InChI=1S/C22H21ClN6O2.2ClH/c1-12-25-20(29-31-12)14-4-6-18(23)16(10-14)13-5-7-19-17(9-13)21(28-27-19)26-22(30)15-3-2-8-24-11-15;;/h4-7,9-10,15,24H,2-3,8,11H2,1H3,(H2,26,27,28,30);2*1H/t15-;;/m1../s1. The van der Waals surface area contributed by atoms with Crippen LogP contribution in [0.5, 0.6) is 0 Å². The number of hydrogen-bond donors (Lipinski definition) is 3. The Kier molecular flexibility index (Phi) is 7.97. The fourth-order valence-electron chi connectivity index (χ4n) is 3.87. The third-order valence-corrected chi connectivity index (χ3v) is 5.86. The van der Waals surface area contributed by atoms with Crippen LogP contribution in [0.3, 0.4) is 0 Å². The predicted molar refractivity (Wildman–Crippen MR) is 133 cm³/mol. The van der Waals surface area contributed by atoms with E-state index in [9.17, 15) is 4.79 Å². The van der Waals surface area contributed by atoms with Crippen LogP contribution in [0.2, 0.25) is 5.02 Å². The van der Waals surface area contributed by atoms with Gasteiger partial charge in [-0.15, -0.1) is 24.8 Å². The zero-order chi connectivity index (χ0) is 21.4. The van der Waals surface area contributed by atoms with Gasteiger partial charge < -0.3 is 15.2 Å². The topological polar surface area (TPSA) is 109 Å². The van der Waals surface area contributed by atoms with Gasteiger partial charge in [0.15, 0.2) is 5.82 Å². The zero-order valence-corrected chi connectivity index (χ0v) is 20.1. The van der Waals surface area contributed by atoms with Gasteiger partial charge in [0, 0.05) is 35.0 Å². The Balaban J connectivity index is 0.00000153. The lowest BCUT2D eigenvalue weighted by atomic mass is 9.98. The molecule has 33 heavy (non-hydrogen) atoms. The maximum Gasteiger partial charge on any atom is 0.229 e. The van der Waals surface area contributed by atoms with Crippen LogP contribution in [-0.2, 0) is 4.79 Å². The van der Waals surface area contributed by atoms with Gasteiger partial charge in [-0.25, -0.2) is 0 Å². The number of piperidine rings is 1. The number of benzene rings is 2. The van der Waals surface area contributed by atoms with Crippen LogP contribution in [0.25, 0.3) is 33.4 Å². The Hall–Kier alpha value is -2.65. The van der Waals surface area contributed by atoms with E-state index >= 15 is 0 Å². The molecule has 0 radical (unpaired) electrons. The number of nitrogens with one attached hydrogen (secondary N) is 3. The number of aromatic amines is 1. The van der Waals surface area contributed by atoms with E-state index in [2.05, 4.69) is 31.0 Å². The number of anilines is 1. The maximum atomic E-state index is 12.7. The summed E-state index contributed by atoms with van der Waals surface area (Å²) in [7, 11) is 0. The minimum Gasteiger partial charge on any atom is -0.339 e. The molecule has 174 valence electrons. The summed E-state index contributed by atoms with van der Waals surface area (Å²) in [6, 6.07) is 11.5. The smallest absolute Gasteiger partial charge is 0.229 e. The average molecular weight is 510 g/mol. The van der Waals surface area contributed by atoms with Gasteiger partial charge in [-0.3, -0.25) is 9.89 Å². The van der Waals surface area contributed by atoms with Crippen LogP contribution in [0.4, 0.5) is 5.82 Å². The summed E-state index contributed by atoms with van der Waals surface area (Å²) in [4.78, 5) is 17.0. The normalized spacial score (nSPS) is 15.5. The van der Waals surface area contributed by atoms with Crippen LogP contribution in [0.1, 0.15) is 18.7 Å². The predicted octanol–water partition coefficient (Wildman–Crippen LogP) is 5.02. The summed E-state index contributed by atoms with van der Waals surface area (Å²) >= 11 is 6.51. The largest absolute Gasteiger partial charge is 0.339 e.